The van der Waals surface area contributed by atoms with E-state index in [1.807, 2.05) is 67.6 Å². The van der Waals surface area contributed by atoms with E-state index in [4.69, 9.17) is 10.3 Å². The van der Waals surface area contributed by atoms with E-state index in [1.165, 1.54) is 11.8 Å². The van der Waals surface area contributed by atoms with Gasteiger partial charge in [-0.1, -0.05) is 84.5 Å². The second kappa shape index (κ2) is 9.78. The van der Waals surface area contributed by atoms with Crippen molar-refractivity contribution in [1.82, 2.24) is 0 Å². The Morgan fingerprint density at radius 3 is 2.38 bits per heavy atom. The fourth-order valence-electron chi connectivity index (χ4n) is 2.28. The zero-order valence-electron chi connectivity index (χ0n) is 13.4. The van der Waals surface area contributed by atoms with E-state index >= 15 is 0 Å². The maximum absolute atomic E-state index is 12.5. The molecule has 0 radical (unpaired) electrons. The Morgan fingerprint density at radius 1 is 1.17 bits per heavy atom. The van der Waals surface area contributed by atoms with Crippen LogP contribution >= 0.6 is 11.8 Å². The van der Waals surface area contributed by atoms with Crippen LogP contribution in [0.4, 0.5) is 0 Å². The summed E-state index contributed by atoms with van der Waals surface area (Å²) in [7, 11) is 0. The number of carbonyl (C=O) groups excluding carboxylic acids is 1. The highest BCUT2D eigenvalue weighted by atomic mass is 32.2. The Morgan fingerprint density at radius 2 is 1.79 bits per heavy atom. The van der Waals surface area contributed by atoms with Crippen molar-refractivity contribution in [2.45, 2.75) is 25.7 Å². The molecule has 2 atom stereocenters. The molecular weight excluding hydrogens is 322 g/mol. The van der Waals surface area contributed by atoms with E-state index in [0.29, 0.717) is 5.75 Å². The highest BCUT2D eigenvalue weighted by Gasteiger charge is 2.30. The number of carbonyl (C=O) groups is 1. The molecule has 2 aromatic rings. The topological polar surface area (TPSA) is 75.1 Å². The molecule has 2 rings (SSSR count). The molecular formula is C18H19N3O2S. The van der Waals surface area contributed by atoms with Gasteiger partial charge in [-0.15, -0.1) is 0 Å². The molecule has 0 aliphatic carbocycles. The standard InChI is InChI=1S/C18H19N3O2S/c1-2-24-18(22)17(23-13-14-9-5-3-6-10-14)16(20-21-19)15-11-7-4-8-12-15/h3-12,16-17H,2,13H2,1H3/t16-,17+/m0/s1. The number of hydrogen-bond acceptors (Lipinski definition) is 4. The molecule has 0 heterocycles. The van der Waals surface area contributed by atoms with Crippen LogP contribution < -0.4 is 0 Å². The fraction of sp³-hybridized carbons (Fsp3) is 0.278. The summed E-state index contributed by atoms with van der Waals surface area (Å²) in [6, 6.07) is 18.2. The van der Waals surface area contributed by atoms with Gasteiger partial charge in [0.2, 0.25) is 5.12 Å². The lowest BCUT2D eigenvalue weighted by atomic mass is 10.0. The minimum Gasteiger partial charge on any atom is -0.364 e. The third-order valence-electron chi connectivity index (χ3n) is 3.40. The summed E-state index contributed by atoms with van der Waals surface area (Å²) in [6.45, 7) is 2.19. The summed E-state index contributed by atoms with van der Waals surface area (Å²) < 4.78 is 5.88. The van der Waals surface area contributed by atoms with Gasteiger partial charge in [0.15, 0.2) is 0 Å². The van der Waals surface area contributed by atoms with Gasteiger partial charge < -0.3 is 4.74 Å². The Balaban J connectivity index is 2.25. The summed E-state index contributed by atoms with van der Waals surface area (Å²) in [6.07, 6.45) is -0.826. The van der Waals surface area contributed by atoms with Gasteiger partial charge in [-0.3, -0.25) is 4.79 Å². The summed E-state index contributed by atoms with van der Waals surface area (Å²) in [4.78, 5) is 15.4. The van der Waals surface area contributed by atoms with Crippen LogP contribution in [0.3, 0.4) is 0 Å². The van der Waals surface area contributed by atoms with Crippen LogP contribution in [0, 0.1) is 0 Å². The first-order valence-corrected chi connectivity index (χ1v) is 8.66. The molecule has 0 saturated heterocycles. The van der Waals surface area contributed by atoms with Gasteiger partial charge in [-0.05, 0) is 22.4 Å². The van der Waals surface area contributed by atoms with Crippen molar-refractivity contribution in [2.24, 2.45) is 5.11 Å². The molecule has 0 unspecified atom stereocenters. The Hall–Kier alpha value is -2.27. The van der Waals surface area contributed by atoms with Crippen molar-refractivity contribution in [2.75, 3.05) is 5.75 Å². The largest absolute Gasteiger partial charge is 0.364 e. The normalized spacial score (nSPS) is 12.9. The molecule has 0 aromatic heterocycles. The van der Waals surface area contributed by atoms with E-state index in [2.05, 4.69) is 10.0 Å². The molecule has 2 aromatic carbocycles. The lowest BCUT2D eigenvalue weighted by Crippen LogP contribution is -2.28. The molecule has 0 aliphatic rings. The Bertz CT molecular complexity index is 688. The van der Waals surface area contributed by atoms with Gasteiger partial charge in [-0.2, -0.15) is 0 Å². The van der Waals surface area contributed by atoms with Crippen molar-refractivity contribution in [3.05, 3.63) is 82.2 Å². The molecule has 6 heteroatoms. The average Bonchev–Trinajstić information content (AvgIpc) is 2.63. The summed E-state index contributed by atoms with van der Waals surface area (Å²) in [5.41, 5.74) is 10.7. The van der Waals surface area contributed by atoms with Crippen LogP contribution in [0.5, 0.6) is 0 Å². The number of hydrogen-bond donors (Lipinski definition) is 0. The molecule has 24 heavy (non-hydrogen) atoms. The Kier molecular flexibility index (Phi) is 7.36. The number of benzene rings is 2. The summed E-state index contributed by atoms with van der Waals surface area (Å²) in [5.74, 6) is 0.641. The molecule has 0 spiro atoms. The zero-order chi connectivity index (χ0) is 17.2. The van der Waals surface area contributed by atoms with E-state index in [-0.39, 0.29) is 11.7 Å². The molecule has 0 saturated carbocycles. The maximum atomic E-state index is 12.5. The van der Waals surface area contributed by atoms with E-state index in [1.54, 1.807) is 0 Å². The first-order chi connectivity index (χ1) is 11.8. The lowest BCUT2D eigenvalue weighted by molar-refractivity contribution is -0.123. The predicted octanol–water partition coefficient (Wildman–Crippen LogP) is 4.90. The van der Waals surface area contributed by atoms with Gasteiger partial charge in [-0.25, -0.2) is 0 Å². The van der Waals surface area contributed by atoms with Crippen LogP contribution in [0.2, 0.25) is 0 Å². The highest BCUT2D eigenvalue weighted by Crippen LogP contribution is 2.28. The monoisotopic (exact) mass is 341 g/mol. The van der Waals surface area contributed by atoms with Crippen LogP contribution in [-0.4, -0.2) is 17.0 Å². The minimum absolute atomic E-state index is 0.130. The first-order valence-electron chi connectivity index (χ1n) is 7.67. The van der Waals surface area contributed by atoms with Gasteiger partial charge in [0.1, 0.15) is 6.10 Å². The number of ether oxygens (including phenoxy) is 1. The molecule has 0 bridgehead atoms. The molecule has 0 N–H and O–H groups in total. The van der Waals surface area contributed by atoms with Gasteiger partial charge in [0, 0.05) is 4.91 Å². The molecule has 0 amide bonds. The molecule has 5 nitrogen and oxygen atoms in total. The third-order valence-corrected chi connectivity index (χ3v) is 4.20. The van der Waals surface area contributed by atoms with E-state index < -0.39 is 12.1 Å². The van der Waals surface area contributed by atoms with Crippen molar-refractivity contribution in [3.8, 4) is 0 Å². The maximum Gasteiger partial charge on any atom is 0.218 e. The van der Waals surface area contributed by atoms with Gasteiger partial charge in [0.25, 0.3) is 0 Å². The Labute approximate surface area is 145 Å². The van der Waals surface area contributed by atoms with Crippen molar-refractivity contribution in [3.63, 3.8) is 0 Å². The van der Waals surface area contributed by atoms with Crippen LogP contribution in [-0.2, 0) is 16.1 Å². The lowest BCUT2D eigenvalue weighted by Gasteiger charge is -2.23. The molecule has 124 valence electrons. The summed E-state index contributed by atoms with van der Waals surface area (Å²) in [5, 5.41) is 3.70. The molecule has 0 aliphatic heterocycles. The predicted molar refractivity (Wildman–Crippen MR) is 96.5 cm³/mol. The van der Waals surface area contributed by atoms with Gasteiger partial charge in [0.05, 0.1) is 12.6 Å². The van der Waals surface area contributed by atoms with Crippen LogP contribution in [0.15, 0.2) is 65.8 Å². The number of rotatable bonds is 8. The second-order valence-electron chi connectivity index (χ2n) is 5.03. The second-order valence-corrected chi connectivity index (χ2v) is 6.30. The highest BCUT2D eigenvalue weighted by molar-refractivity contribution is 8.13. The molecule has 0 fully saturated rings. The fourth-order valence-corrected chi connectivity index (χ4v) is 2.93. The minimum atomic E-state index is -0.826. The van der Waals surface area contributed by atoms with Crippen molar-refractivity contribution < 1.29 is 9.53 Å². The van der Waals surface area contributed by atoms with Crippen molar-refractivity contribution >= 4 is 16.9 Å². The average molecular weight is 341 g/mol. The summed E-state index contributed by atoms with van der Waals surface area (Å²) >= 11 is 1.18. The number of nitrogens with zero attached hydrogens (tertiary/aromatic N) is 3. The van der Waals surface area contributed by atoms with Crippen LogP contribution in [0.1, 0.15) is 24.1 Å². The third kappa shape index (κ3) is 5.13. The van der Waals surface area contributed by atoms with Crippen LogP contribution in [0.25, 0.3) is 10.4 Å². The first kappa shape index (κ1) is 18.1. The smallest absolute Gasteiger partial charge is 0.218 e. The quantitative estimate of drug-likeness (QED) is 0.389. The number of thioether (sulfide) groups is 1. The van der Waals surface area contributed by atoms with E-state index in [9.17, 15) is 4.79 Å². The van der Waals surface area contributed by atoms with Gasteiger partial charge >= 0.3 is 0 Å². The number of azide groups is 1. The van der Waals surface area contributed by atoms with E-state index in [0.717, 1.165) is 11.1 Å². The zero-order valence-corrected chi connectivity index (χ0v) is 14.2. The van der Waals surface area contributed by atoms with Crippen molar-refractivity contribution in [1.29, 1.82) is 0 Å². The SMILES string of the molecule is CCSC(=O)[C@H](OCc1ccccc1)[C@@H](N=[N+]=[N-])c1ccccc1.